The lowest BCUT2D eigenvalue weighted by molar-refractivity contribution is 0.417. The Morgan fingerprint density at radius 2 is 1.69 bits per heavy atom. The minimum absolute atomic E-state index is 0.434. The van der Waals surface area contributed by atoms with Gasteiger partial charge >= 0.3 is 0 Å². The van der Waals surface area contributed by atoms with Gasteiger partial charge in [-0.05, 0) is 24.3 Å². The van der Waals surface area contributed by atoms with Crippen molar-refractivity contribution in [3.05, 3.63) is 66.7 Å². The van der Waals surface area contributed by atoms with E-state index in [0.717, 1.165) is 50.5 Å². The van der Waals surface area contributed by atoms with Gasteiger partial charge in [0.05, 0.1) is 52.5 Å². The molecule has 2 heterocycles. The van der Waals surface area contributed by atoms with Gasteiger partial charge in [-0.2, -0.15) is 0 Å². The van der Waals surface area contributed by atoms with Crippen LogP contribution in [0.15, 0.2) is 66.7 Å². The third-order valence-corrected chi connectivity index (χ3v) is 6.09. The normalized spacial score (nSPS) is 11.8. The third kappa shape index (κ3) is 3.38. The minimum atomic E-state index is -3.39. The number of aryl methyl sites for hydroxylation is 1. The summed E-state index contributed by atoms with van der Waals surface area (Å²) in [5, 5.41) is 5.60. The van der Waals surface area contributed by atoms with Crippen LogP contribution in [0.25, 0.3) is 32.8 Å². The molecule has 8 heteroatoms. The van der Waals surface area contributed by atoms with Crippen molar-refractivity contribution in [1.82, 2.24) is 9.55 Å². The van der Waals surface area contributed by atoms with E-state index in [1.807, 2.05) is 43.4 Å². The molecule has 32 heavy (non-hydrogen) atoms. The van der Waals surface area contributed by atoms with E-state index in [1.54, 1.807) is 25.3 Å². The van der Waals surface area contributed by atoms with E-state index < -0.39 is 10.0 Å². The highest BCUT2D eigenvalue weighted by Gasteiger charge is 2.18. The maximum Gasteiger partial charge on any atom is 0.229 e. The fourth-order valence-corrected chi connectivity index (χ4v) is 4.69. The van der Waals surface area contributed by atoms with Gasteiger partial charge in [0.2, 0.25) is 10.0 Å². The van der Waals surface area contributed by atoms with Crippen molar-refractivity contribution < 1.29 is 13.2 Å². The number of sulfonamides is 1. The van der Waals surface area contributed by atoms with Crippen LogP contribution in [0.2, 0.25) is 0 Å². The maximum atomic E-state index is 11.6. The highest BCUT2D eigenvalue weighted by Crippen LogP contribution is 2.40. The van der Waals surface area contributed by atoms with Crippen LogP contribution in [0, 0.1) is 0 Å². The Kier molecular flexibility index (Phi) is 4.67. The summed E-state index contributed by atoms with van der Waals surface area (Å²) in [5.74, 6) is 0.520. The Labute approximate surface area is 185 Å². The zero-order valence-corrected chi connectivity index (χ0v) is 18.7. The average Bonchev–Trinajstić information content (AvgIpc) is 3.05. The molecule has 0 atom stereocenters. The second kappa shape index (κ2) is 7.42. The maximum absolute atomic E-state index is 11.6. The van der Waals surface area contributed by atoms with Crippen molar-refractivity contribution in [3.63, 3.8) is 0 Å². The number of aromatic nitrogens is 2. The Bertz CT molecular complexity index is 1610. The molecule has 0 aliphatic carbocycles. The number of rotatable bonds is 5. The summed E-state index contributed by atoms with van der Waals surface area (Å²) >= 11 is 0. The van der Waals surface area contributed by atoms with Crippen molar-refractivity contribution in [2.75, 3.05) is 23.4 Å². The average molecular weight is 447 g/mol. The van der Waals surface area contributed by atoms with Crippen LogP contribution in [-0.4, -0.2) is 31.3 Å². The highest BCUT2D eigenvalue weighted by atomic mass is 32.2. The molecule has 162 valence electrons. The van der Waals surface area contributed by atoms with Crippen LogP contribution >= 0.6 is 0 Å². The van der Waals surface area contributed by atoms with Crippen molar-refractivity contribution in [3.8, 4) is 5.75 Å². The fraction of sp³-hybridized carbons (Fsp3) is 0.125. The van der Waals surface area contributed by atoms with Crippen LogP contribution in [0.5, 0.6) is 5.75 Å². The number of para-hydroxylation sites is 2. The molecule has 0 amide bonds. The SMILES string of the molecule is COc1cc(NS(C)(=O)=O)ccc1Nc1c2ccccc2nc2c3ccccc3n(C)c12. The molecule has 0 aliphatic heterocycles. The van der Waals surface area contributed by atoms with Gasteiger partial charge in [-0.1, -0.05) is 36.4 Å². The lowest BCUT2D eigenvalue weighted by Crippen LogP contribution is -2.09. The molecule has 0 bridgehead atoms. The summed E-state index contributed by atoms with van der Waals surface area (Å²) in [6.07, 6.45) is 1.12. The molecule has 0 spiro atoms. The first-order chi connectivity index (χ1) is 15.4. The molecular formula is C24H22N4O3S. The quantitative estimate of drug-likeness (QED) is 0.397. The Hall–Kier alpha value is -3.78. The predicted octanol–water partition coefficient (Wildman–Crippen LogP) is 5.00. The third-order valence-electron chi connectivity index (χ3n) is 5.49. The van der Waals surface area contributed by atoms with Crippen LogP contribution in [0.3, 0.4) is 0 Å². The highest BCUT2D eigenvalue weighted by molar-refractivity contribution is 7.92. The zero-order chi connectivity index (χ0) is 22.5. The lowest BCUT2D eigenvalue weighted by Gasteiger charge is -2.16. The summed E-state index contributed by atoms with van der Waals surface area (Å²) in [5.41, 5.74) is 5.93. The summed E-state index contributed by atoms with van der Waals surface area (Å²) in [7, 11) is 0.198. The molecule has 0 aliphatic rings. The first-order valence-corrected chi connectivity index (χ1v) is 11.9. The second-order valence-electron chi connectivity index (χ2n) is 7.69. The monoisotopic (exact) mass is 446 g/mol. The number of anilines is 3. The van der Waals surface area contributed by atoms with E-state index in [9.17, 15) is 8.42 Å². The predicted molar refractivity (Wildman–Crippen MR) is 130 cm³/mol. The molecule has 3 aromatic carbocycles. The van der Waals surface area contributed by atoms with E-state index in [4.69, 9.17) is 9.72 Å². The van der Waals surface area contributed by atoms with Crippen molar-refractivity contribution in [2.24, 2.45) is 7.05 Å². The number of pyridine rings is 1. The smallest absolute Gasteiger partial charge is 0.229 e. The van der Waals surface area contributed by atoms with Crippen LogP contribution in [-0.2, 0) is 17.1 Å². The van der Waals surface area contributed by atoms with E-state index in [2.05, 4.69) is 26.7 Å². The molecule has 2 aromatic heterocycles. The van der Waals surface area contributed by atoms with Crippen LogP contribution in [0.1, 0.15) is 0 Å². The molecule has 0 saturated carbocycles. The van der Waals surface area contributed by atoms with Crippen molar-refractivity contribution in [1.29, 1.82) is 0 Å². The van der Waals surface area contributed by atoms with Gasteiger partial charge in [0.1, 0.15) is 5.75 Å². The van der Waals surface area contributed by atoms with Gasteiger partial charge in [0.15, 0.2) is 0 Å². The van der Waals surface area contributed by atoms with Gasteiger partial charge in [0, 0.05) is 23.9 Å². The minimum Gasteiger partial charge on any atom is -0.494 e. The first-order valence-electron chi connectivity index (χ1n) is 10.0. The second-order valence-corrected chi connectivity index (χ2v) is 9.44. The Morgan fingerprint density at radius 1 is 0.969 bits per heavy atom. The molecule has 7 nitrogen and oxygen atoms in total. The number of fused-ring (bicyclic) bond motifs is 4. The molecule has 0 unspecified atom stereocenters. The molecular weight excluding hydrogens is 424 g/mol. The number of nitrogens with zero attached hydrogens (tertiary/aromatic N) is 2. The number of benzene rings is 3. The lowest BCUT2D eigenvalue weighted by atomic mass is 10.1. The van der Waals surface area contributed by atoms with Crippen LogP contribution < -0.4 is 14.8 Å². The van der Waals surface area contributed by atoms with Crippen molar-refractivity contribution in [2.45, 2.75) is 0 Å². The van der Waals surface area contributed by atoms with E-state index >= 15 is 0 Å². The molecule has 0 radical (unpaired) electrons. The number of nitrogens with one attached hydrogen (secondary N) is 2. The Balaban J connectivity index is 1.75. The summed E-state index contributed by atoms with van der Waals surface area (Å²) in [6.45, 7) is 0. The van der Waals surface area contributed by atoms with Gasteiger partial charge in [0.25, 0.3) is 0 Å². The van der Waals surface area contributed by atoms with E-state index in [1.165, 1.54) is 0 Å². The van der Waals surface area contributed by atoms with E-state index in [-0.39, 0.29) is 0 Å². The topological polar surface area (TPSA) is 85.2 Å². The number of ether oxygens (including phenoxy) is 1. The van der Waals surface area contributed by atoms with Gasteiger partial charge in [-0.3, -0.25) is 4.72 Å². The fourth-order valence-electron chi connectivity index (χ4n) is 4.14. The van der Waals surface area contributed by atoms with Gasteiger partial charge in [-0.15, -0.1) is 0 Å². The van der Waals surface area contributed by atoms with Gasteiger partial charge in [-0.25, -0.2) is 13.4 Å². The summed E-state index contributed by atoms with van der Waals surface area (Å²) in [6, 6.07) is 21.4. The van der Waals surface area contributed by atoms with Crippen LogP contribution in [0.4, 0.5) is 17.1 Å². The molecule has 5 rings (SSSR count). The zero-order valence-electron chi connectivity index (χ0n) is 17.9. The Morgan fingerprint density at radius 3 is 2.44 bits per heavy atom. The number of hydrogen-bond donors (Lipinski definition) is 2. The first kappa shape index (κ1) is 20.1. The number of methoxy groups -OCH3 is 1. The number of hydrogen-bond acceptors (Lipinski definition) is 5. The molecule has 0 fully saturated rings. The van der Waals surface area contributed by atoms with Gasteiger partial charge < -0.3 is 14.6 Å². The largest absolute Gasteiger partial charge is 0.494 e. The molecule has 2 N–H and O–H groups in total. The molecule has 0 saturated heterocycles. The van der Waals surface area contributed by atoms with Crippen molar-refractivity contribution >= 4 is 59.9 Å². The van der Waals surface area contributed by atoms with E-state index in [0.29, 0.717) is 11.4 Å². The standard InChI is InChI=1S/C24H22N4O3S/c1-28-20-11-7-5-9-17(20)23-24(28)22(16-8-4-6-10-18(16)25-23)26-19-13-12-15(14-21(19)31-2)27-32(3,29)30/h4-14,27H,1-3H3,(H,25,26). The summed E-state index contributed by atoms with van der Waals surface area (Å²) < 4.78 is 33.4. The molecule has 5 aromatic rings. The summed E-state index contributed by atoms with van der Waals surface area (Å²) in [4.78, 5) is 4.96.